The number of halogens is 3. The van der Waals surface area contributed by atoms with Crippen LogP contribution in [0.4, 0.5) is 4.39 Å². The lowest BCUT2D eigenvalue weighted by Gasteiger charge is -2.09. The van der Waals surface area contributed by atoms with Gasteiger partial charge in [-0.1, -0.05) is 17.7 Å². The van der Waals surface area contributed by atoms with Crippen molar-refractivity contribution in [2.24, 2.45) is 0 Å². The van der Waals surface area contributed by atoms with Crippen molar-refractivity contribution in [1.82, 2.24) is 0 Å². The molecule has 1 aromatic carbocycles. The zero-order valence-electron chi connectivity index (χ0n) is 8.66. The van der Waals surface area contributed by atoms with Gasteiger partial charge < -0.3 is 5.11 Å². The summed E-state index contributed by atoms with van der Waals surface area (Å²) >= 11 is 10.5. The maximum atomic E-state index is 13.0. The summed E-state index contributed by atoms with van der Waals surface area (Å²) in [5.74, 6) is -0.441. The van der Waals surface area contributed by atoms with Crippen LogP contribution < -0.4 is 0 Å². The minimum atomic E-state index is -0.598. The topological polar surface area (TPSA) is 20.2 Å². The van der Waals surface area contributed by atoms with E-state index in [-0.39, 0.29) is 5.02 Å². The van der Waals surface area contributed by atoms with Gasteiger partial charge in [-0.3, -0.25) is 0 Å². The molecule has 0 spiro atoms. The van der Waals surface area contributed by atoms with Gasteiger partial charge in [0.15, 0.2) is 0 Å². The van der Waals surface area contributed by atoms with Crippen LogP contribution in [0.1, 0.15) is 17.2 Å². The first-order valence-corrected chi connectivity index (χ1v) is 6.97. The number of aliphatic hydroxyl groups excluding tert-OH is 1. The van der Waals surface area contributed by atoms with Crippen LogP contribution >= 0.6 is 38.9 Å². The number of rotatable bonds is 3. The van der Waals surface area contributed by atoms with Gasteiger partial charge in [0.1, 0.15) is 5.82 Å². The molecule has 0 radical (unpaired) electrons. The van der Waals surface area contributed by atoms with Crippen molar-refractivity contribution in [2.75, 3.05) is 0 Å². The molecule has 5 heteroatoms. The SMILES string of the molecule is OC(Cc1ccc(F)c(Cl)c1)c1csc(Br)c1. The van der Waals surface area contributed by atoms with Gasteiger partial charge in [-0.05, 0) is 50.6 Å². The Morgan fingerprint density at radius 3 is 2.76 bits per heavy atom. The van der Waals surface area contributed by atoms with Crippen LogP contribution in [0.2, 0.25) is 5.02 Å². The molecule has 0 saturated carbocycles. The predicted molar refractivity (Wildman–Crippen MR) is 72.1 cm³/mol. The summed E-state index contributed by atoms with van der Waals surface area (Å²) in [4.78, 5) is 0. The van der Waals surface area contributed by atoms with Gasteiger partial charge in [0.05, 0.1) is 14.9 Å². The van der Waals surface area contributed by atoms with Crippen LogP contribution in [0.15, 0.2) is 33.4 Å². The fraction of sp³-hybridized carbons (Fsp3) is 0.167. The third-order valence-corrected chi connectivity index (χ3v) is 4.20. The summed E-state index contributed by atoms with van der Waals surface area (Å²) in [6, 6.07) is 6.36. The minimum absolute atomic E-state index is 0.0844. The third-order valence-electron chi connectivity index (χ3n) is 2.39. The van der Waals surface area contributed by atoms with E-state index < -0.39 is 11.9 Å². The van der Waals surface area contributed by atoms with Gasteiger partial charge in [-0.25, -0.2) is 4.39 Å². The summed E-state index contributed by atoms with van der Waals surface area (Å²) in [6.07, 6.45) is -0.178. The van der Waals surface area contributed by atoms with Crippen molar-refractivity contribution >= 4 is 38.9 Å². The summed E-state index contributed by atoms with van der Waals surface area (Å²) < 4.78 is 13.9. The Morgan fingerprint density at radius 2 is 2.18 bits per heavy atom. The summed E-state index contributed by atoms with van der Waals surface area (Å²) in [5.41, 5.74) is 1.66. The van der Waals surface area contributed by atoms with Gasteiger partial charge in [0, 0.05) is 6.42 Å². The molecule has 1 aromatic heterocycles. The number of hydrogen-bond donors (Lipinski definition) is 1. The van der Waals surface area contributed by atoms with Crippen LogP contribution in [-0.2, 0) is 6.42 Å². The Bertz CT molecular complexity index is 529. The first-order valence-electron chi connectivity index (χ1n) is 4.92. The van der Waals surface area contributed by atoms with Gasteiger partial charge >= 0.3 is 0 Å². The quantitative estimate of drug-likeness (QED) is 0.870. The number of thiophene rings is 1. The van der Waals surface area contributed by atoms with E-state index in [0.29, 0.717) is 6.42 Å². The molecule has 90 valence electrons. The first-order chi connectivity index (χ1) is 8.06. The zero-order valence-corrected chi connectivity index (χ0v) is 11.8. The molecule has 0 aliphatic carbocycles. The van der Waals surface area contributed by atoms with Gasteiger partial charge in [-0.2, -0.15) is 0 Å². The van der Waals surface area contributed by atoms with Crippen molar-refractivity contribution in [1.29, 1.82) is 0 Å². The second-order valence-electron chi connectivity index (χ2n) is 3.65. The molecule has 1 nitrogen and oxygen atoms in total. The molecule has 1 heterocycles. The van der Waals surface area contributed by atoms with E-state index in [9.17, 15) is 9.50 Å². The molecular weight excluding hydrogens is 327 g/mol. The minimum Gasteiger partial charge on any atom is -0.388 e. The Balaban J connectivity index is 2.12. The van der Waals surface area contributed by atoms with Crippen molar-refractivity contribution in [3.05, 3.63) is 55.4 Å². The Kier molecular flexibility index (Phi) is 4.20. The number of benzene rings is 1. The molecule has 0 aliphatic rings. The Morgan fingerprint density at radius 1 is 1.41 bits per heavy atom. The van der Waals surface area contributed by atoms with E-state index in [1.165, 1.54) is 17.4 Å². The molecule has 0 amide bonds. The van der Waals surface area contributed by atoms with Gasteiger partial charge in [0.2, 0.25) is 0 Å². The molecule has 1 N–H and O–H groups in total. The van der Waals surface area contributed by atoms with Crippen LogP contribution in [0.3, 0.4) is 0 Å². The molecule has 2 aromatic rings. The van der Waals surface area contributed by atoms with Crippen molar-refractivity contribution < 1.29 is 9.50 Å². The lowest BCUT2D eigenvalue weighted by molar-refractivity contribution is 0.179. The molecular formula is C12H9BrClFOS. The third kappa shape index (κ3) is 3.28. The van der Waals surface area contributed by atoms with E-state index in [2.05, 4.69) is 15.9 Å². The molecule has 2 rings (SSSR count). The summed E-state index contributed by atoms with van der Waals surface area (Å²) in [5, 5.41) is 12.0. The largest absolute Gasteiger partial charge is 0.388 e. The molecule has 1 unspecified atom stereocenters. The summed E-state index contributed by atoms with van der Waals surface area (Å²) in [7, 11) is 0. The fourth-order valence-corrected chi connectivity index (χ4v) is 2.93. The normalized spacial score (nSPS) is 12.7. The highest BCUT2D eigenvalue weighted by Crippen LogP contribution is 2.28. The first kappa shape index (κ1) is 13.0. The average molecular weight is 336 g/mol. The fourth-order valence-electron chi connectivity index (χ4n) is 1.51. The standard InChI is InChI=1S/C12H9BrClFOS/c13-12-5-8(6-17-12)11(16)4-7-1-2-10(15)9(14)3-7/h1-3,5-6,11,16H,4H2. The van der Waals surface area contributed by atoms with Crippen LogP contribution in [0.25, 0.3) is 0 Å². The lowest BCUT2D eigenvalue weighted by Crippen LogP contribution is -2.00. The molecule has 0 saturated heterocycles. The van der Waals surface area contributed by atoms with E-state index in [4.69, 9.17) is 11.6 Å². The molecule has 1 atom stereocenters. The highest BCUT2D eigenvalue weighted by atomic mass is 79.9. The van der Waals surface area contributed by atoms with Crippen LogP contribution in [0, 0.1) is 5.82 Å². The second kappa shape index (κ2) is 5.48. The second-order valence-corrected chi connectivity index (χ2v) is 6.35. The van der Waals surface area contributed by atoms with E-state index >= 15 is 0 Å². The maximum absolute atomic E-state index is 13.0. The molecule has 0 aliphatic heterocycles. The van der Waals surface area contributed by atoms with Gasteiger partial charge in [0.25, 0.3) is 0 Å². The van der Waals surface area contributed by atoms with Crippen LogP contribution in [-0.4, -0.2) is 5.11 Å². The molecule has 17 heavy (non-hydrogen) atoms. The van der Waals surface area contributed by atoms with E-state index in [1.54, 1.807) is 12.1 Å². The van der Waals surface area contributed by atoms with E-state index in [1.807, 2.05) is 11.4 Å². The van der Waals surface area contributed by atoms with Crippen molar-refractivity contribution in [3.8, 4) is 0 Å². The van der Waals surface area contributed by atoms with Crippen molar-refractivity contribution in [2.45, 2.75) is 12.5 Å². The summed E-state index contributed by atoms with van der Waals surface area (Å²) in [6.45, 7) is 0. The highest BCUT2D eigenvalue weighted by Gasteiger charge is 2.11. The lowest BCUT2D eigenvalue weighted by atomic mass is 10.0. The van der Waals surface area contributed by atoms with Crippen molar-refractivity contribution in [3.63, 3.8) is 0 Å². The number of hydrogen-bond acceptors (Lipinski definition) is 2. The van der Waals surface area contributed by atoms with Crippen LogP contribution in [0.5, 0.6) is 0 Å². The maximum Gasteiger partial charge on any atom is 0.141 e. The highest BCUT2D eigenvalue weighted by molar-refractivity contribution is 9.11. The van der Waals surface area contributed by atoms with E-state index in [0.717, 1.165) is 14.9 Å². The monoisotopic (exact) mass is 334 g/mol. The number of aliphatic hydroxyl groups is 1. The van der Waals surface area contributed by atoms with Gasteiger partial charge in [-0.15, -0.1) is 11.3 Å². The molecule has 0 bridgehead atoms. The molecule has 0 fully saturated rings. The Labute approximate surface area is 116 Å². The average Bonchev–Trinajstić information content (AvgIpc) is 2.70. The Hall–Kier alpha value is -0.420. The smallest absolute Gasteiger partial charge is 0.141 e. The zero-order chi connectivity index (χ0) is 12.4. The predicted octanol–water partition coefficient (Wildman–Crippen LogP) is 4.58.